The zero-order valence-corrected chi connectivity index (χ0v) is 12.1. The van der Waals surface area contributed by atoms with Crippen LogP contribution >= 0.6 is 0 Å². The lowest BCUT2D eigenvalue weighted by Crippen LogP contribution is -2.39. The summed E-state index contributed by atoms with van der Waals surface area (Å²) in [4.78, 5) is 28.7. The van der Waals surface area contributed by atoms with Crippen LogP contribution in [0.1, 0.15) is 17.4 Å². The second-order valence-corrected chi connectivity index (χ2v) is 4.32. The molecular formula is C13H21N5O2. The van der Waals surface area contributed by atoms with Gasteiger partial charge in [0.05, 0.1) is 0 Å². The lowest BCUT2D eigenvalue weighted by atomic mass is 10.3. The molecule has 7 nitrogen and oxygen atoms in total. The summed E-state index contributed by atoms with van der Waals surface area (Å²) in [6, 6.07) is 5.03. The Morgan fingerprint density at radius 1 is 1.20 bits per heavy atom. The quantitative estimate of drug-likeness (QED) is 0.662. The predicted octanol–water partition coefficient (Wildman–Crippen LogP) is 0.514. The Bertz CT molecular complexity index is 462. The van der Waals surface area contributed by atoms with Crippen molar-refractivity contribution in [3.8, 4) is 0 Å². The number of nitrogens with zero attached hydrogens (tertiary/aromatic N) is 2. The van der Waals surface area contributed by atoms with E-state index in [9.17, 15) is 9.59 Å². The van der Waals surface area contributed by atoms with Crippen molar-refractivity contribution in [1.82, 2.24) is 20.5 Å². The van der Waals surface area contributed by atoms with Crippen LogP contribution in [-0.4, -0.2) is 55.6 Å². The molecule has 0 saturated carbocycles. The molecule has 0 aliphatic heterocycles. The van der Waals surface area contributed by atoms with Crippen molar-refractivity contribution < 1.29 is 9.59 Å². The molecule has 0 aliphatic rings. The molecule has 0 bridgehead atoms. The van der Waals surface area contributed by atoms with Gasteiger partial charge in [0.1, 0.15) is 11.5 Å². The van der Waals surface area contributed by atoms with Crippen LogP contribution in [0.3, 0.4) is 0 Å². The maximum atomic E-state index is 11.9. The molecule has 110 valence electrons. The summed E-state index contributed by atoms with van der Waals surface area (Å²) in [6.07, 6.45) is 0. The summed E-state index contributed by atoms with van der Waals surface area (Å²) in [5.41, 5.74) is 0.349. The Morgan fingerprint density at radius 2 is 1.90 bits per heavy atom. The first kappa shape index (κ1) is 15.7. The van der Waals surface area contributed by atoms with E-state index in [-0.39, 0.29) is 11.9 Å². The highest BCUT2D eigenvalue weighted by molar-refractivity contribution is 5.92. The molecule has 1 aromatic heterocycles. The van der Waals surface area contributed by atoms with Gasteiger partial charge in [-0.25, -0.2) is 9.78 Å². The lowest BCUT2D eigenvalue weighted by molar-refractivity contribution is 0.0949. The topological polar surface area (TPSA) is 86.4 Å². The van der Waals surface area contributed by atoms with Gasteiger partial charge in [-0.15, -0.1) is 0 Å². The second kappa shape index (κ2) is 7.98. The smallest absolute Gasteiger partial charge is 0.316 e. The molecule has 3 N–H and O–H groups in total. The van der Waals surface area contributed by atoms with E-state index in [0.717, 1.165) is 6.54 Å². The van der Waals surface area contributed by atoms with Gasteiger partial charge in [0.2, 0.25) is 0 Å². The Balaban J connectivity index is 2.39. The largest absolute Gasteiger partial charge is 0.370 e. The third-order valence-corrected chi connectivity index (χ3v) is 2.43. The number of anilines is 1. The van der Waals surface area contributed by atoms with E-state index in [1.54, 1.807) is 32.3 Å². The third-order valence-electron chi connectivity index (χ3n) is 2.43. The average Bonchev–Trinajstić information content (AvgIpc) is 2.43. The van der Waals surface area contributed by atoms with Gasteiger partial charge in [0.15, 0.2) is 0 Å². The molecule has 1 aromatic rings. The fourth-order valence-corrected chi connectivity index (χ4v) is 1.43. The van der Waals surface area contributed by atoms with E-state index in [1.807, 2.05) is 6.92 Å². The van der Waals surface area contributed by atoms with Crippen LogP contribution in [0.25, 0.3) is 0 Å². The number of pyridine rings is 1. The van der Waals surface area contributed by atoms with Crippen LogP contribution in [0, 0.1) is 0 Å². The normalized spacial score (nSPS) is 9.75. The molecule has 0 fully saturated rings. The summed E-state index contributed by atoms with van der Waals surface area (Å²) in [6.45, 7) is 3.43. The van der Waals surface area contributed by atoms with E-state index >= 15 is 0 Å². The number of carbonyl (C=O) groups is 2. The summed E-state index contributed by atoms with van der Waals surface area (Å²) in [5, 5.41) is 8.40. The molecule has 0 aliphatic carbocycles. The zero-order chi connectivity index (χ0) is 15.0. The van der Waals surface area contributed by atoms with Gasteiger partial charge in [-0.3, -0.25) is 4.79 Å². The maximum Gasteiger partial charge on any atom is 0.316 e. The fraction of sp³-hybridized carbons (Fsp3) is 0.462. The number of rotatable bonds is 6. The van der Waals surface area contributed by atoms with Crippen LogP contribution in [-0.2, 0) is 0 Å². The lowest BCUT2D eigenvalue weighted by Gasteiger charge is -2.12. The standard InChI is InChI=1S/C13H21N5O2/c1-4-14-11-7-5-6-10(17-11)12(19)15-8-9-16-13(20)18(2)3/h5-7H,4,8-9H2,1-3H3,(H,14,17)(H,15,19)(H,16,20). The van der Waals surface area contributed by atoms with Crippen LogP contribution in [0.5, 0.6) is 0 Å². The highest BCUT2D eigenvalue weighted by Crippen LogP contribution is 2.04. The number of hydrogen-bond donors (Lipinski definition) is 3. The summed E-state index contributed by atoms with van der Waals surface area (Å²) in [5.74, 6) is 0.407. The number of hydrogen-bond acceptors (Lipinski definition) is 4. The monoisotopic (exact) mass is 279 g/mol. The highest BCUT2D eigenvalue weighted by Gasteiger charge is 2.07. The molecule has 3 amide bonds. The minimum atomic E-state index is -0.260. The van der Waals surface area contributed by atoms with Crippen LogP contribution in [0.15, 0.2) is 18.2 Å². The summed E-state index contributed by atoms with van der Waals surface area (Å²) in [7, 11) is 3.31. The van der Waals surface area contributed by atoms with Gasteiger partial charge >= 0.3 is 6.03 Å². The molecule has 0 saturated heterocycles. The van der Waals surface area contributed by atoms with Crippen LogP contribution < -0.4 is 16.0 Å². The van der Waals surface area contributed by atoms with Crippen LogP contribution in [0.4, 0.5) is 10.6 Å². The van der Waals surface area contributed by atoms with Crippen molar-refractivity contribution in [2.45, 2.75) is 6.92 Å². The number of aromatic nitrogens is 1. The van der Waals surface area contributed by atoms with Crippen molar-refractivity contribution in [2.24, 2.45) is 0 Å². The molecule has 7 heteroatoms. The first-order valence-electron chi connectivity index (χ1n) is 6.49. The molecule has 20 heavy (non-hydrogen) atoms. The maximum absolute atomic E-state index is 11.9. The van der Waals surface area contributed by atoms with E-state index in [4.69, 9.17) is 0 Å². The molecule has 1 heterocycles. The van der Waals surface area contributed by atoms with Gasteiger partial charge in [-0.2, -0.15) is 0 Å². The number of nitrogens with one attached hydrogen (secondary N) is 3. The van der Waals surface area contributed by atoms with Crippen molar-refractivity contribution in [3.05, 3.63) is 23.9 Å². The van der Waals surface area contributed by atoms with Crippen molar-refractivity contribution >= 4 is 17.8 Å². The Morgan fingerprint density at radius 3 is 2.55 bits per heavy atom. The van der Waals surface area contributed by atoms with E-state index < -0.39 is 0 Å². The van der Waals surface area contributed by atoms with Crippen molar-refractivity contribution in [3.63, 3.8) is 0 Å². The first-order chi connectivity index (χ1) is 9.54. The minimum absolute atomic E-state index is 0.188. The number of carbonyl (C=O) groups excluding carboxylic acids is 2. The molecule has 0 spiro atoms. The zero-order valence-electron chi connectivity index (χ0n) is 12.1. The molecule has 1 rings (SSSR count). The summed E-state index contributed by atoms with van der Waals surface area (Å²) < 4.78 is 0. The molecular weight excluding hydrogens is 258 g/mol. The average molecular weight is 279 g/mol. The number of amides is 3. The highest BCUT2D eigenvalue weighted by atomic mass is 16.2. The SMILES string of the molecule is CCNc1cccc(C(=O)NCCNC(=O)N(C)C)n1. The van der Waals surface area contributed by atoms with Gasteiger partial charge < -0.3 is 20.9 Å². The number of urea groups is 1. The van der Waals surface area contributed by atoms with E-state index in [0.29, 0.717) is 24.6 Å². The summed E-state index contributed by atoms with van der Waals surface area (Å²) >= 11 is 0. The Kier molecular flexibility index (Phi) is 6.28. The predicted molar refractivity (Wildman–Crippen MR) is 77.8 cm³/mol. The van der Waals surface area contributed by atoms with Gasteiger partial charge in [-0.1, -0.05) is 6.07 Å². The molecule has 0 unspecified atom stereocenters. The molecule has 0 radical (unpaired) electrons. The Labute approximate surface area is 118 Å². The van der Waals surface area contributed by atoms with Crippen molar-refractivity contribution in [2.75, 3.05) is 39.0 Å². The van der Waals surface area contributed by atoms with Gasteiger partial charge in [-0.05, 0) is 19.1 Å². The fourth-order valence-electron chi connectivity index (χ4n) is 1.43. The second-order valence-electron chi connectivity index (χ2n) is 4.32. The van der Waals surface area contributed by atoms with E-state index in [2.05, 4.69) is 20.9 Å². The van der Waals surface area contributed by atoms with E-state index in [1.165, 1.54) is 4.90 Å². The third kappa shape index (κ3) is 5.13. The Hall–Kier alpha value is -2.31. The van der Waals surface area contributed by atoms with Crippen LogP contribution in [0.2, 0.25) is 0 Å². The first-order valence-corrected chi connectivity index (χ1v) is 6.49. The molecule has 0 atom stereocenters. The molecule has 0 aromatic carbocycles. The minimum Gasteiger partial charge on any atom is -0.370 e. The van der Waals surface area contributed by atoms with Gasteiger partial charge in [0, 0.05) is 33.7 Å². The van der Waals surface area contributed by atoms with Crippen molar-refractivity contribution in [1.29, 1.82) is 0 Å². The van der Waals surface area contributed by atoms with Gasteiger partial charge in [0.25, 0.3) is 5.91 Å².